The van der Waals surface area contributed by atoms with E-state index in [0.717, 1.165) is 11.8 Å². The Morgan fingerprint density at radius 2 is 1.94 bits per heavy atom. The topological polar surface area (TPSA) is 89.3 Å². The van der Waals surface area contributed by atoms with E-state index in [9.17, 15) is 19.7 Å². The first-order valence-corrected chi connectivity index (χ1v) is 6.15. The van der Waals surface area contributed by atoms with Gasteiger partial charge in [0.2, 0.25) is 11.0 Å². The van der Waals surface area contributed by atoms with Crippen LogP contribution in [0, 0.1) is 10.1 Å². The van der Waals surface area contributed by atoms with Crippen LogP contribution in [0.25, 0.3) is 0 Å². The summed E-state index contributed by atoms with van der Waals surface area (Å²) in [5.74, 6) is 0.327. The molecule has 0 aliphatic rings. The van der Waals surface area contributed by atoms with E-state index in [1.165, 1.54) is 31.2 Å². The van der Waals surface area contributed by atoms with Crippen molar-refractivity contribution in [2.45, 2.75) is 6.92 Å². The van der Waals surface area contributed by atoms with Crippen molar-refractivity contribution in [2.24, 2.45) is 0 Å². The molecule has 18 heavy (non-hydrogen) atoms. The van der Waals surface area contributed by atoms with Crippen molar-refractivity contribution in [1.82, 2.24) is 5.32 Å². The zero-order valence-corrected chi connectivity index (χ0v) is 10.5. The first kappa shape index (κ1) is 14.2. The Morgan fingerprint density at radius 1 is 1.33 bits per heavy atom. The van der Waals surface area contributed by atoms with Crippen LogP contribution in [0.5, 0.6) is 0 Å². The van der Waals surface area contributed by atoms with Crippen LogP contribution in [0.2, 0.25) is 0 Å². The van der Waals surface area contributed by atoms with Crippen molar-refractivity contribution >= 4 is 28.5 Å². The molecule has 1 aromatic rings. The molecule has 0 bridgehead atoms. The lowest BCUT2D eigenvalue weighted by Crippen LogP contribution is -2.22. The lowest BCUT2D eigenvalue weighted by atomic mass is 10.2. The average molecular weight is 268 g/mol. The van der Waals surface area contributed by atoms with Gasteiger partial charge in [0.1, 0.15) is 0 Å². The number of nitrogens with zero attached hydrogens (tertiary/aromatic N) is 1. The fourth-order valence-corrected chi connectivity index (χ4v) is 1.87. The number of nitro groups is 1. The number of thioether (sulfide) groups is 1. The third-order valence-electron chi connectivity index (χ3n) is 2.02. The zero-order valence-electron chi connectivity index (χ0n) is 9.71. The second kappa shape index (κ2) is 6.75. The summed E-state index contributed by atoms with van der Waals surface area (Å²) in [5.41, 5.74) is 0.364. The summed E-state index contributed by atoms with van der Waals surface area (Å²) in [5, 5.41) is 12.8. The van der Waals surface area contributed by atoms with Crippen molar-refractivity contribution in [3.8, 4) is 0 Å². The van der Waals surface area contributed by atoms with Gasteiger partial charge in [-0.15, -0.1) is 0 Å². The first-order valence-electron chi connectivity index (χ1n) is 5.16. The van der Waals surface area contributed by atoms with Crippen LogP contribution in [0.4, 0.5) is 5.69 Å². The molecule has 0 saturated heterocycles. The van der Waals surface area contributed by atoms with Gasteiger partial charge in [-0.3, -0.25) is 19.7 Å². The maximum atomic E-state index is 11.7. The van der Waals surface area contributed by atoms with Crippen molar-refractivity contribution in [3.63, 3.8) is 0 Å². The Hall–Kier alpha value is -1.89. The summed E-state index contributed by atoms with van der Waals surface area (Å²) in [7, 11) is 0. The molecular weight excluding hydrogens is 256 g/mol. The monoisotopic (exact) mass is 268 g/mol. The Labute approximate surface area is 108 Å². The van der Waals surface area contributed by atoms with Gasteiger partial charge in [0.15, 0.2) is 0 Å². The lowest BCUT2D eigenvalue weighted by Gasteiger charge is -2.01. The Bertz CT molecular complexity index is 459. The van der Waals surface area contributed by atoms with Crippen LogP contribution in [0.3, 0.4) is 0 Å². The van der Waals surface area contributed by atoms with Gasteiger partial charge in [-0.2, -0.15) is 0 Å². The van der Waals surface area contributed by atoms with Gasteiger partial charge < -0.3 is 5.32 Å². The Morgan fingerprint density at radius 3 is 2.44 bits per heavy atom. The lowest BCUT2D eigenvalue weighted by molar-refractivity contribution is -0.384. The molecule has 1 aromatic carbocycles. The highest BCUT2D eigenvalue weighted by Crippen LogP contribution is 2.16. The molecule has 1 N–H and O–H groups in total. The summed E-state index contributed by atoms with van der Waals surface area (Å²) in [6.07, 6.45) is 0. The van der Waals surface area contributed by atoms with Crippen molar-refractivity contribution in [3.05, 3.63) is 39.9 Å². The van der Waals surface area contributed by atoms with E-state index in [0.29, 0.717) is 17.9 Å². The quantitative estimate of drug-likeness (QED) is 0.497. The Balaban J connectivity index is 2.46. The van der Waals surface area contributed by atoms with E-state index in [4.69, 9.17) is 0 Å². The van der Waals surface area contributed by atoms with Gasteiger partial charge in [0, 0.05) is 36.9 Å². The number of nitro benzene ring substituents is 1. The van der Waals surface area contributed by atoms with E-state index in [-0.39, 0.29) is 16.7 Å². The number of rotatable bonds is 5. The highest BCUT2D eigenvalue weighted by molar-refractivity contribution is 8.14. The number of amides is 1. The second-order valence-corrected chi connectivity index (χ2v) is 4.49. The van der Waals surface area contributed by atoms with Crippen molar-refractivity contribution in [1.29, 1.82) is 0 Å². The molecule has 0 spiro atoms. The standard InChI is InChI=1S/C11H12N2O4S/c1-8(14)12-6-7-18-11(15)9-2-4-10(5-3-9)13(16)17/h2-5H,6-7H2,1H3,(H,12,14). The number of carbonyl (C=O) groups is 2. The molecule has 0 aromatic heterocycles. The van der Waals surface area contributed by atoms with E-state index in [1.54, 1.807) is 0 Å². The molecule has 0 atom stereocenters. The molecule has 0 fully saturated rings. The Kier molecular flexibility index (Phi) is 5.31. The minimum absolute atomic E-state index is 0.0465. The summed E-state index contributed by atoms with van der Waals surface area (Å²) in [6.45, 7) is 1.82. The van der Waals surface area contributed by atoms with Crippen LogP contribution in [0.1, 0.15) is 17.3 Å². The molecule has 0 aliphatic carbocycles. The predicted molar refractivity (Wildman–Crippen MR) is 68.6 cm³/mol. The van der Waals surface area contributed by atoms with Crippen molar-refractivity contribution < 1.29 is 14.5 Å². The number of hydrogen-bond donors (Lipinski definition) is 1. The van der Waals surface area contributed by atoms with Gasteiger partial charge >= 0.3 is 0 Å². The van der Waals surface area contributed by atoms with Gasteiger partial charge in [-0.1, -0.05) is 11.8 Å². The normalized spacial score (nSPS) is 9.83. The average Bonchev–Trinajstić information content (AvgIpc) is 2.34. The fraction of sp³-hybridized carbons (Fsp3) is 0.273. The number of non-ortho nitro benzene ring substituents is 1. The predicted octanol–water partition coefficient (Wildman–Crippen LogP) is 1.60. The number of hydrogen-bond acceptors (Lipinski definition) is 5. The molecule has 1 rings (SSSR count). The summed E-state index contributed by atoms with van der Waals surface area (Å²) in [4.78, 5) is 32.2. The van der Waals surface area contributed by atoms with E-state index < -0.39 is 4.92 Å². The molecular formula is C11H12N2O4S. The third kappa shape index (κ3) is 4.54. The highest BCUT2D eigenvalue weighted by Gasteiger charge is 2.09. The molecule has 0 aliphatic heterocycles. The zero-order chi connectivity index (χ0) is 13.5. The number of carbonyl (C=O) groups excluding carboxylic acids is 2. The number of benzene rings is 1. The molecule has 1 amide bonds. The van der Waals surface area contributed by atoms with Crippen LogP contribution >= 0.6 is 11.8 Å². The highest BCUT2D eigenvalue weighted by atomic mass is 32.2. The smallest absolute Gasteiger partial charge is 0.269 e. The molecule has 0 radical (unpaired) electrons. The third-order valence-corrected chi connectivity index (χ3v) is 2.93. The van der Waals surface area contributed by atoms with Gasteiger partial charge in [0.05, 0.1) is 4.92 Å². The minimum Gasteiger partial charge on any atom is -0.356 e. The maximum Gasteiger partial charge on any atom is 0.269 e. The van der Waals surface area contributed by atoms with E-state index >= 15 is 0 Å². The number of nitrogens with one attached hydrogen (secondary N) is 1. The molecule has 7 heteroatoms. The summed E-state index contributed by atoms with van der Waals surface area (Å²) >= 11 is 1.06. The minimum atomic E-state index is -0.516. The van der Waals surface area contributed by atoms with Crippen LogP contribution in [-0.4, -0.2) is 28.2 Å². The van der Waals surface area contributed by atoms with Crippen LogP contribution < -0.4 is 5.32 Å². The van der Waals surface area contributed by atoms with Crippen molar-refractivity contribution in [2.75, 3.05) is 12.3 Å². The van der Waals surface area contributed by atoms with Gasteiger partial charge in [-0.25, -0.2) is 0 Å². The molecule has 0 heterocycles. The molecule has 96 valence electrons. The van der Waals surface area contributed by atoms with E-state index in [1.807, 2.05) is 0 Å². The maximum absolute atomic E-state index is 11.7. The van der Waals surface area contributed by atoms with Crippen LogP contribution in [-0.2, 0) is 4.79 Å². The first-order chi connectivity index (χ1) is 8.50. The summed E-state index contributed by atoms with van der Waals surface area (Å²) < 4.78 is 0. The summed E-state index contributed by atoms with van der Waals surface area (Å²) in [6, 6.07) is 5.43. The molecule has 0 unspecified atom stereocenters. The van der Waals surface area contributed by atoms with Crippen LogP contribution in [0.15, 0.2) is 24.3 Å². The molecule has 0 saturated carbocycles. The van der Waals surface area contributed by atoms with Gasteiger partial charge in [-0.05, 0) is 12.1 Å². The largest absolute Gasteiger partial charge is 0.356 e. The second-order valence-electron chi connectivity index (χ2n) is 3.42. The van der Waals surface area contributed by atoms with E-state index in [2.05, 4.69) is 5.32 Å². The molecule has 6 nitrogen and oxygen atoms in total. The fourth-order valence-electron chi connectivity index (χ4n) is 1.17. The van der Waals surface area contributed by atoms with Gasteiger partial charge in [0.25, 0.3) is 5.69 Å². The SMILES string of the molecule is CC(=O)NCCSC(=O)c1ccc([N+](=O)[O-])cc1.